The van der Waals surface area contributed by atoms with E-state index in [1.54, 1.807) is 5.32 Å². The van der Waals surface area contributed by atoms with E-state index in [1.807, 2.05) is 0 Å². The molecular weight excluding hydrogens is 425 g/mol. The summed E-state index contributed by atoms with van der Waals surface area (Å²) in [6.45, 7) is 4.55. The zero-order chi connectivity index (χ0) is 23.4. The lowest BCUT2D eigenvalue weighted by Gasteiger charge is -2.25. The van der Waals surface area contributed by atoms with Crippen molar-refractivity contribution in [3.63, 3.8) is 0 Å². The molecule has 10 nitrogen and oxygen atoms in total. The Labute approximate surface area is 174 Å². The van der Waals surface area contributed by atoms with Crippen LogP contribution in [0.3, 0.4) is 0 Å². The van der Waals surface area contributed by atoms with Gasteiger partial charge in [-0.15, -0.1) is 0 Å². The van der Waals surface area contributed by atoms with Crippen LogP contribution in [0.15, 0.2) is 30.6 Å². The molecule has 0 unspecified atom stereocenters. The van der Waals surface area contributed by atoms with Crippen molar-refractivity contribution in [3.8, 4) is 17.5 Å². The normalized spacial score (nSPS) is 12.6. The van der Waals surface area contributed by atoms with E-state index >= 15 is 0 Å². The zero-order valence-electron chi connectivity index (χ0n) is 16.9. The summed E-state index contributed by atoms with van der Waals surface area (Å²) < 4.78 is 55.4. The minimum atomic E-state index is -4.81. The third kappa shape index (κ3) is 6.42. The Hall–Kier alpha value is -3.64. The molecule has 2 aromatic rings. The molecule has 1 aromatic heterocycles. The van der Waals surface area contributed by atoms with E-state index in [1.165, 1.54) is 27.9 Å². The van der Waals surface area contributed by atoms with Crippen LogP contribution in [0.1, 0.15) is 32.4 Å². The molecule has 1 aromatic carbocycles. The first-order chi connectivity index (χ1) is 14.3. The molecule has 0 spiro atoms. The predicted octanol–water partition coefficient (Wildman–Crippen LogP) is 4.31. The maximum absolute atomic E-state index is 13.5. The molecule has 0 aliphatic carbocycles. The molecule has 0 radical (unpaired) electrons. The van der Waals surface area contributed by atoms with Crippen molar-refractivity contribution in [2.75, 3.05) is 7.11 Å². The van der Waals surface area contributed by atoms with E-state index in [2.05, 4.69) is 9.97 Å². The maximum atomic E-state index is 13.5. The van der Waals surface area contributed by atoms with E-state index < -0.39 is 40.4 Å². The number of hydrogen-bond donors (Lipinski definition) is 1. The number of halogens is 3. The number of methoxy groups -OCH3 is 1. The van der Waals surface area contributed by atoms with Gasteiger partial charge in [-0.1, -0.05) is 12.1 Å². The van der Waals surface area contributed by atoms with Gasteiger partial charge in [0.15, 0.2) is 6.04 Å². The summed E-state index contributed by atoms with van der Waals surface area (Å²) in [6, 6.07) is 2.04. The number of rotatable bonds is 6. The van der Waals surface area contributed by atoms with Crippen molar-refractivity contribution >= 4 is 11.8 Å². The smallest absolute Gasteiger partial charge is 0.412 e. The number of benzene rings is 1. The number of hydrogen-bond acceptors (Lipinski definition) is 8. The predicted molar refractivity (Wildman–Crippen MR) is 99.9 cm³/mol. The van der Waals surface area contributed by atoms with Gasteiger partial charge in [0, 0.05) is 0 Å². The van der Waals surface area contributed by atoms with Crippen molar-refractivity contribution in [1.82, 2.24) is 15.3 Å². The molecule has 1 heterocycles. The van der Waals surface area contributed by atoms with Gasteiger partial charge in [-0.05, 0) is 38.5 Å². The molecule has 0 bridgehead atoms. The van der Waals surface area contributed by atoms with Crippen LogP contribution >= 0.6 is 0 Å². The first-order valence-electron chi connectivity index (χ1n) is 8.69. The van der Waals surface area contributed by atoms with Crippen LogP contribution in [0.2, 0.25) is 0 Å². The van der Waals surface area contributed by atoms with E-state index in [0.717, 1.165) is 30.6 Å². The second kappa shape index (κ2) is 9.02. The quantitative estimate of drug-likeness (QED) is 0.516. The molecule has 1 N–H and O–H groups in total. The van der Waals surface area contributed by atoms with E-state index in [-0.39, 0.29) is 17.2 Å². The number of amides is 1. The molecule has 0 saturated heterocycles. The summed E-state index contributed by atoms with van der Waals surface area (Å²) in [5, 5.41) is 13.0. The van der Waals surface area contributed by atoms with Crippen LogP contribution in [0.5, 0.6) is 17.5 Å². The number of alkyl halides is 3. The summed E-state index contributed by atoms with van der Waals surface area (Å²) in [5.74, 6) is -0.833. The Bertz CT molecular complexity index is 945. The Morgan fingerprint density at radius 2 is 1.71 bits per heavy atom. The summed E-state index contributed by atoms with van der Waals surface area (Å²) in [4.78, 5) is 29.5. The van der Waals surface area contributed by atoms with Crippen molar-refractivity contribution < 1.29 is 37.1 Å². The molecule has 1 atom stereocenters. The van der Waals surface area contributed by atoms with E-state index in [9.17, 15) is 28.1 Å². The standard InChI is InChI=1S/C18H19F3N4O6/c1-17(2,3)31-16(26)24-13(18(19,20)21)10-5-7-11(8-6-10)30-15-12(25(27)28)14(29-4)22-9-23-15/h5-9,13H,1-4H3,(H,24,26)/t13-/m0/s1. The highest BCUT2D eigenvalue weighted by Crippen LogP contribution is 2.37. The van der Waals surface area contributed by atoms with Gasteiger partial charge in [-0.25, -0.2) is 4.79 Å². The summed E-state index contributed by atoms with van der Waals surface area (Å²) in [7, 11) is 1.17. The molecule has 1 amide bonds. The van der Waals surface area contributed by atoms with E-state index in [0.29, 0.717) is 0 Å². The SMILES string of the molecule is COc1ncnc(Oc2ccc([C@H](NC(=O)OC(C)(C)C)C(F)(F)F)cc2)c1[N+](=O)[O-]. The fourth-order valence-electron chi connectivity index (χ4n) is 2.35. The highest BCUT2D eigenvalue weighted by Gasteiger charge is 2.42. The number of aromatic nitrogens is 2. The van der Waals surface area contributed by atoms with Gasteiger partial charge in [-0.3, -0.25) is 10.1 Å². The van der Waals surface area contributed by atoms with Crippen LogP contribution in [0.4, 0.5) is 23.7 Å². The number of carbonyl (C=O) groups excluding carboxylic acids is 1. The van der Waals surface area contributed by atoms with Crippen molar-refractivity contribution in [2.24, 2.45) is 0 Å². The number of nitrogens with zero attached hydrogens (tertiary/aromatic N) is 3. The van der Waals surface area contributed by atoms with Gasteiger partial charge >= 0.3 is 29.7 Å². The maximum Gasteiger partial charge on any atom is 0.412 e. The Balaban J connectivity index is 2.27. The molecule has 13 heteroatoms. The molecule has 31 heavy (non-hydrogen) atoms. The minimum Gasteiger partial charge on any atom is -0.476 e. The third-order valence-corrected chi connectivity index (χ3v) is 3.55. The fraction of sp³-hybridized carbons (Fsp3) is 0.389. The summed E-state index contributed by atoms with van der Waals surface area (Å²) in [5.41, 5.74) is -1.93. The van der Waals surface area contributed by atoms with Crippen LogP contribution in [0, 0.1) is 10.1 Å². The van der Waals surface area contributed by atoms with Crippen molar-refractivity contribution in [3.05, 3.63) is 46.3 Å². The van der Waals surface area contributed by atoms with Crippen LogP contribution in [0.25, 0.3) is 0 Å². The molecule has 0 aliphatic heterocycles. The molecule has 168 valence electrons. The Kier molecular flexibility index (Phi) is 6.88. The first kappa shape index (κ1) is 23.6. The summed E-state index contributed by atoms with van der Waals surface area (Å²) >= 11 is 0. The second-order valence-electron chi connectivity index (χ2n) is 7.09. The van der Waals surface area contributed by atoms with Gasteiger partial charge in [0.1, 0.15) is 17.7 Å². The average Bonchev–Trinajstić information content (AvgIpc) is 2.64. The van der Waals surface area contributed by atoms with Crippen LogP contribution < -0.4 is 14.8 Å². The number of nitro groups is 1. The van der Waals surface area contributed by atoms with Gasteiger partial charge < -0.3 is 19.5 Å². The Morgan fingerprint density at radius 1 is 1.13 bits per heavy atom. The van der Waals surface area contributed by atoms with Gasteiger partial charge in [0.05, 0.1) is 12.0 Å². The van der Waals surface area contributed by atoms with E-state index in [4.69, 9.17) is 14.2 Å². The van der Waals surface area contributed by atoms with Crippen molar-refractivity contribution in [2.45, 2.75) is 38.6 Å². The molecule has 0 aliphatic rings. The second-order valence-corrected chi connectivity index (χ2v) is 7.09. The number of ether oxygens (including phenoxy) is 3. The third-order valence-electron chi connectivity index (χ3n) is 3.55. The van der Waals surface area contributed by atoms with Crippen LogP contribution in [-0.4, -0.2) is 39.9 Å². The molecule has 0 fully saturated rings. The first-order valence-corrected chi connectivity index (χ1v) is 8.69. The number of alkyl carbamates (subject to hydrolysis) is 1. The fourth-order valence-corrected chi connectivity index (χ4v) is 2.35. The van der Waals surface area contributed by atoms with Gasteiger partial charge in [0.2, 0.25) is 0 Å². The highest BCUT2D eigenvalue weighted by molar-refractivity contribution is 5.68. The monoisotopic (exact) mass is 444 g/mol. The van der Waals surface area contributed by atoms with Gasteiger partial charge in [0.25, 0.3) is 0 Å². The lowest BCUT2D eigenvalue weighted by Crippen LogP contribution is -2.41. The topological polar surface area (TPSA) is 126 Å². The molecular formula is C18H19F3N4O6. The molecule has 2 rings (SSSR count). The Morgan fingerprint density at radius 3 is 2.19 bits per heavy atom. The van der Waals surface area contributed by atoms with Gasteiger partial charge in [-0.2, -0.15) is 23.1 Å². The largest absolute Gasteiger partial charge is 0.476 e. The van der Waals surface area contributed by atoms with Crippen molar-refractivity contribution in [1.29, 1.82) is 0 Å². The number of nitrogens with one attached hydrogen (secondary N) is 1. The zero-order valence-corrected chi connectivity index (χ0v) is 16.9. The lowest BCUT2D eigenvalue weighted by atomic mass is 10.1. The minimum absolute atomic E-state index is 0.0363. The van der Waals surface area contributed by atoms with Crippen LogP contribution in [-0.2, 0) is 4.74 Å². The average molecular weight is 444 g/mol. The molecule has 0 saturated carbocycles. The number of carbonyl (C=O) groups is 1. The lowest BCUT2D eigenvalue weighted by molar-refractivity contribution is -0.387. The summed E-state index contributed by atoms with van der Waals surface area (Å²) in [6.07, 6.45) is -5.07. The highest BCUT2D eigenvalue weighted by atomic mass is 19.4.